The summed E-state index contributed by atoms with van der Waals surface area (Å²) in [4.78, 5) is 7.36. The number of halogens is 1. The molecule has 0 fully saturated rings. The number of aromatic nitrogens is 2. The van der Waals surface area contributed by atoms with Crippen LogP contribution in [0, 0.1) is 5.82 Å². The lowest BCUT2D eigenvalue weighted by Gasteiger charge is -2.14. The summed E-state index contributed by atoms with van der Waals surface area (Å²) in [5.41, 5.74) is 2.71. The van der Waals surface area contributed by atoms with Crippen molar-refractivity contribution in [3.63, 3.8) is 0 Å². The molecule has 0 aliphatic rings. The van der Waals surface area contributed by atoms with Crippen LogP contribution in [0.4, 0.5) is 10.3 Å². The molecule has 0 saturated carbocycles. The molecule has 9 heteroatoms. The number of nitrogens with one attached hydrogen (secondary N) is 2. The number of hydrogen-bond donors (Lipinski definition) is 3. The zero-order valence-electron chi connectivity index (χ0n) is 11.1. The highest BCUT2D eigenvalue weighted by atomic mass is 32.2. The smallest absolute Gasteiger partial charge is 0.244 e. The van der Waals surface area contributed by atoms with E-state index < -0.39 is 21.9 Å². The number of anilines is 1. The summed E-state index contributed by atoms with van der Waals surface area (Å²) in [5.74, 6) is 4.78. The molecule has 0 spiro atoms. The summed E-state index contributed by atoms with van der Waals surface area (Å²) in [6, 6.07) is 5.11. The van der Waals surface area contributed by atoms with Crippen LogP contribution in [-0.2, 0) is 10.0 Å². The molecule has 1 unspecified atom stereocenters. The minimum absolute atomic E-state index is 0.104. The molecule has 112 valence electrons. The van der Waals surface area contributed by atoms with Gasteiger partial charge in [0.15, 0.2) is 0 Å². The second-order valence-electron chi connectivity index (χ2n) is 4.28. The van der Waals surface area contributed by atoms with Gasteiger partial charge < -0.3 is 0 Å². The lowest BCUT2D eigenvalue weighted by atomic mass is 10.1. The van der Waals surface area contributed by atoms with Crippen molar-refractivity contribution >= 4 is 16.0 Å². The van der Waals surface area contributed by atoms with Gasteiger partial charge in [0.2, 0.25) is 16.0 Å². The van der Waals surface area contributed by atoms with Gasteiger partial charge in [-0.25, -0.2) is 33.3 Å². The molecule has 0 amide bonds. The average molecular weight is 311 g/mol. The lowest BCUT2D eigenvalue weighted by molar-refractivity contribution is 0.563. The molecule has 1 atom stereocenters. The van der Waals surface area contributed by atoms with Crippen molar-refractivity contribution in [3.8, 4) is 0 Å². The van der Waals surface area contributed by atoms with E-state index in [1.54, 1.807) is 13.0 Å². The number of nitrogen functional groups attached to an aromatic ring is 1. The minimum atomic E-state index is -3.81. The van der Waals surface area contributed by atoms with E-state index in [2.05, 4.69) is 20.1 Å². The fourth-order valence-electron chi connectivity index (χ4n) is 1.67. The van der Waals surface area contributed by atoms with Crippen LogP contribution in [0.3, 0.4) is 0 Å². The zero-order valence-corrected chi connectivity index (χ0v) is 11.9. The zero-order chi connectivity index (χ0) is 15.5. The van der Waals surface area contributed by atoms with Gasteiger partial charge in [0.25, 0.3) is 0 Å². The Morgan fingerprint density at radius 3 is 2.52 bits per heavy atom. The molecular weight excluding hydrogens is 297 g/mol. The molecular formula is C12H14FN5O2S. The summed E-state index contributed by atoms with van der Waals surface area (Å²) in [5, 5.41) is 0. The van der Waals surface area contributed by atoms with E-state index in [0.29, 0.717) is 5.56 Å². The molecule has 2 rings (SSSR count). The first kappa shape index (κ1) is 15.3. The maximum absolute atomic E-state index is 13.2. The number of sulfonamides is 1. The normalized spacial score (nSPS) is 12.9. The molecule has 1 heterocycles. The van der Waals surface area contributed by atoms with Gasteiger partial charge in [0, 0.05) is 6.04 Å². The first-order valence-electron chi connectivity index (χ1n) is 5.99. The molecule has 1 aromatic heterocycles. The van der Waals surface area contributed by atoms with Crippen LogP contribution in [0.25, 0.3) is 0 Å². The van der Waals surface area contributed by atoms with Crippen LogP contribution >= 0.6 is 0 Å². The van der Waals surface area contributed by atoms with E-state index in [0.717, 1.165) is 12.4 Å². The monoisotopic (exact) mass is 311 g/mol. The van der Waals surface area contributed by atoms with Gasteiger partial charge in [-0.1, -0.05) is 12.1 Å². The van der Waals surface area contributed by atoms with Crippen molar-refractivity contribution < 1.29 is 12.8 Å². The number of nitrogens with two attached hydrogens (primary N) is 1. The maximum atomic E-state index is 13.2. The third-order valence-electron chi connectivity index (χ3n) is 2.75. The van der Waals surface area contributed by atoms with Crippen LogP contribution in [0.1, 0.15) is 18.5 Å². The summed E-state index contributed by atoms with van der Waals surface area (Å²) >= 11 is 0. The van der Waals surface area contributed by atoms with E-state index in [1.807, 2.05) is 0 Å². The fourth-order valence-corrected chi connectivity index (χ4v) is 2.79. The van der Waals surface area contributed by atoms with Crippen LogP contribution < -0.4 is 16.0 Å². The molecule has 0 saturated heterocycles. The highest BCUT2D eigenvalue weighted by Gasteiger charge is 2.19. The number of benzene rings is 1. The number of hydrazine groups is 1. The number of hydrogen-bond acceptors (Lipinski definition) is 6. The van der Waals surface area contributed by atoms with Gasteiger partial charge in [-0.05, 0) is 24.6 Å². The first-order chi connectivity index (χ1) is 9.92. The minimum Gasteiger partial charge on any atom is -0.292 e. The number of nitrogens with zero attached hydrogens (tertiary/aromatic N) is 2. The topological polar surface area (TPSA) is 110 Å². The van der Waals surface area contributed by atoms with Crippen LogP contribution in [0.2, 0.25) is 0 Å². The summed E-state index contributed by atoms with van der Waals surface area (Å²) in [6.07, 6.45) is 2.26. The van der Waals surface area contributed by atoms with Crippen molar-refractivity contribution in [2.24, 2.45) is 5.84 Å². The summed E-state index contributed by atoms with van der Waals surface area (Å²) < 4.78 is 39.9. The molecule has 4 N–H and O–H groups in total. The Hall–Kier alpha value is -2.10. The largest absolute Gasteiger partial charge is 0.292 e. The summed E-state index contributed by atoms with van der Waals surface area (Å²) in [7, 11) is -3.81. The van der Waals surface area contributed by atoms with Crippen molar-refractivity contribution in [2.75, 3.05) is 5.43 Å². The molecule has 0 radical (unpaired) electrons. The van der Waals surface area contributed by atoms with Gasteiger partial charge in [0.1, 0.15) is 10.7 Å². The Balaban J connectivity index is 2.20. The van der Waals surface area contributed by atoms with Gasteiger partial charge in [0.05, 0.1) is 12.4 Å². The number of rotatable bonds is 5. The molecule has 0 aliphatic carbocycles. The van der Waals surface area contributed by atoms with Gasteiger partial charge in [-0.15, -0.1) is 0 Å². The quantitative estimate of drug-likeness (QED) is 0.560. The van der Waals surface area contributed by atoms with E-state index >= 15 is 0 Å². The molecule has 1 aromatic carbocycles. The summed E-state index contributed by atoms with van der Waals surface area (Å²) in [6.45, 7) is 1.61. The van der Waals surface area contributed by atoms with Crippen molar-refractivity contribution in [2.45, 2.75) is 17.9 Å². The Labute approximate surface area is 121 Å². The molecule has 7 nitrogen and oxygen atoms in total. The van der Waals surface area contributed by atoms with E-state index in [9.17, 15) is 12.8 Å². The predicted molar refractivity (Wildman–Crippen MR) is 75.0 cm³/mol. The van der Waals surface area contributed by atoms with Crippen molar-refractivity contribution in [3.05, 3.63) is 48.0 Å². The highest BCUT2D eigenvalue weighted by molar-refractivity contribution is 7.89. The van der Waals surface area contributed by atoms with E-state index in [1.165, 1.54) is 18.2 Å². The standard InChI is InChI=1S/C12H14FN5O2S/c1-8(9-3-2-4-10(13)5-9)18-21(19,20)11-6-15-12(17-14)16-7-11/h2-8,18H,14H2,1H3,(H,15,16,17). The maximum Gasteiger partial charge on any atom is 0.244 e. The van der Waals surface area contributed by atoms with Crippen molar-refractivity contribution in [1.82, 2.24) is 14.7 Å². The molecule has 21 heavy (non-hydrogen) atoms. The Morgan fingerprint density at radius 2 is 1.95 bits per heavy atom. The third-order valence-corrected chi connectivity index (χ3v) is 4.24. The Morgan fingerprint density at radius 1 is 1.29 bits per heavy atom. The van der Waals surface area contributed by atoms with Gasteiger partial charge in [-0.2, -0.15) is 0 Å². The molecule has 0 aliphatic heterocycles. The Kier molecular flexibility index (Phi) is 4.46. The second-order valence-corrected chi connectivity index (χ2v) is 6.00. The van der Waals surface area contributed by atoms with Crippen LogP contribution in [0.5, 0.6) is 0 Å². The van der Waals surface area contributed by atoms with E-state index in [-0.39, 0.29) is 10.8 Å². The average Bonchev–Trinajstić information content (AvgIpc) is 2.47. The van der Waals surface area contributed by atoms with Crippen LogP contribution in [-0.4, -0.2) is 18.4 Å². The fraction of sp³-hybridized carbons (Fsp3) is 0.167. The van der Waals surface area contributed by atoms with E-state index in [4.69, 9.17) is 5.84 Å². The highest BCUT2D eigenvalue weighted by Crippen LogP contribution is 2.17. The van der Waals surface area contributed by atoms with Gasteiger partial charge in [-0.3, -0.25) is 5.43 Å². The Bertz CT molecular complexity index is 721. The molecule has 0 bridgehead atoms. The predicted octanol–water partition coefficient (Wildman–Crippen LogP) is 0.941. The molecule has 2 aromatic rings. The third kappa shape index (κ3) is 3.72. The second kappa shape index (κ2) is 6.12. The SMILES string of the molecule is CC(NS(=O)(=O)c1cnc(NN)nc1)c1cccc(F)c1. The first-order valence-corrected chi connectivity index (χ1v) is 7.47. The van der Waals surface area contributed by atoms with Crippen molar-refractivity contribution in [1.29, 1.82) is 0 Å². The van der Waals surface area contributed by atoms with Crippen LogP contribution in [0.15, 0.2) is 41.6 Å². The lowest BCUT2D eigenvalue weighted by Crippen LogP contribution is -2.27. The van der Waals surface area contributed by atoms with Gasteiger partial charge >= 0.3 is 0 Å².